The van der Waals surface area contributed by atoms with Crippen molar-refractivity contribution in [2.75, 3.05) is 6.54 Å². The number of hydrogen-bond acceptors (Lipinski definition) is 5. The van der Waals surface area contributed by atoms with Gasteiger partial charge < -0.3 is 10.4 Å². The van der Waals surface area contributed by atoms with Crippen molar-refractivity contribution in [1.82, 2.24) is 20.1 Å². The maximum Gasteiger partial charge on any atom is 0.263 e. The van der Waals surface area contributed by atoms with Crippen LogP contribution in [0.2, 0.25) is 0 Å². The van der Waals surface area contributed by atoms with Crippen molar-refractivity contribution in [1.29, 1.82) is 0 Å². The van der Waals surface area contributed by atoms with Crippen LogP contribution >= 0.6 is 11.3 Å². The summed E-state index contributed by atoms with van der Waals surface area (Å²) in [5.41, 5.74) is 1.59. The smallest absolute Gasteiger partial charge is 0.263 e. The summed E-state index contributed by atoms with van der Waals surface area (Å²) in [6.45, 7) is 6.06. The first-order valence-corrected chi connectivity index (χ1v) is 8.16. The Kier molecular flexibility index (Phi) is 5.31. The van der Waals surface area contributed by atoms with E-state index in [9.17, 15) is 9.90 Å². The Balaban J connectivity index is 2.06. The van der Waals surface area contributed by atoms with Crippen LogP contribution < -0.4 is 5.32 Å². The van der Waals surface area contributed by atoms with Crippen molar-refractivity contribution in [3.63, 3.8) is 0 Å². The quantitative estimate of drug-likeness (QED) is 0.852. The molecule has 2 aromatic heterocycles. The topological polar surface area (TPSA) is 80.0 Å². The normalized spacial score (nSPS) is 13.9. The monoisotopic (exact) mass is 322 g/mol. The molecule has 0 aliphatic carbocycles. The fourth-order valence-electron chi connectivity index (χ4n) is 2.01. The Morgan fingerprint density at radius 3 is 2.86 bits per heavy atom. The number of aliphatic hydroxyl groups is 1. The Morgan fingerprint density at radius 1 is 1.55 bits per heavy atom. The highest BCUT2D eigenvalue weighted by Crippen LogP contribution is 2.27. The SMILES string of the molecule is CCC(C)C(O)CNC(=O)c1sc(-c2cnn(C)c2)nc1C. The molecule has 6 nitrogen and oxygen atoms in total. The van der Waals surface area contributed by atoms with Crippen LogP contribution in [-0.2, 0) is 7.05 Å². The van der Waals surface area contributed by atoms with E-state index >= 15 is 0 Å². The average molecular weight is 322 g/mol. The van der Waals surface area contributed by atoms with Crippen molar-refractivity contribution < 1.29 is 9.90 Å². The zero-order chi connectivity index (χ0) is 16.3. The fourth-order valence-corrected chi connectivity index (χ4v) is 2.97. The first-order valence-electron chi connectivity index (χ1n) is 7.35. The molecule has 1 amide bonds. The molecule has 2 atom stereocenters. The number of aryl methyl sites for hydroxylation is 2. The minimum absolute atomic E-state index is 0.161. The number of hydrogen-bond donors (Lipinski definition) is 2. The van der Waals surface area contributed by atoms with Crippen LogP contribution in [-0.4, -0.2) is 38.4 Å². The van der Waals surface area contributed by atoms with Gasteiger partial charge in [0.05, 0.1) is 18.0 Å². The molecule has 0 fully saturated rings. The van der Waals surface area contributed by atoms with Gasteiger partial charge in [0.2, 0.25) is 0 Å². The van der Waals surface area contributed by atoms with Gasteiger partial charge in [0.1, 0.15) is 9.88 Å². The molecular weight excluding hydrogens is 300 g/mol. The maximum atomic E-state index is 12.3. The van der Waals surface area contributed by atoms with Gasteiger partial charge >= 0.3 is 0 Å². The Morgan fingerprint density at radius 2 is 2.27 bits per heavy atom. The number of nitrogens with one attached hydrogen (secondary N) is 1. The molecule has 0 radical (unpaired) electrons. The second-order valence-electron chi connectivity index (χ2n) is 5.50. The summed E-state index contributed by atoms with van der Waals surface area (Å²) in [5, 5.41) is 17.6. The van der Waals surface area contributed by atoms with Gasteiger partial charge in [0.15, 0.2) is 0 Å². The third-order valence-corrected chi connectivity index (χ3v) is 4.93. The Hall–Kier alpha value is -1.73. The second kappa shape index (κ2) is 7.02. The number of amides is 1. The minimum Gasteiger partial charge on any atom is -0.391 e. The summed E-state index contributed by atoms with van der Waals surface area (Å²) in [5.74, 6) is -0.0266. The number of aromatic nitrogens is 3. The van der Waals surface area contributed by atoms with Crippen molar-refractivity contribution in [2.45, 2.75) is 33.3 Å². The molecule has 0 saturated carbocycles. The lowest BCUT2D eigenvalue weighted by atomic mass is 10.0. The maximum absolute atomic E-state index is 12.3. The van der Waals surface area contributed by atoms with Crippen molar-refractivity contribution in [2.24, 2.45) is 13.0 Å². The summed E-state index contributed by atoms with van der Waals surface area (Å²) >= 11 is 1.34. The lowest BCUT2D eigenvalue weighted by Crippen LogP contribution is -2.35. The molecule has 2 aromatic rings. The molecule has 0 saturated heterocycles. The van der Waals surface area contributed by atoms with Crippen molar-refractivity contribution in [3.05, 3.63) is 23.0 Å². The van der Waals surface area contributed by atoms with E-state index < -0.39 is 6.10 Å². The largest absolute Gasteiger partial charge is 0.391 e. The van der Waals surface area contributed by atoms with E-state index in [4.69, 9.17) is 0 Å². The van der Waals surface area contributed by atoms with Gasteiger partial charge in [-0.15, -0.1) is 11.3 Å². The highest BCUT2D eigenvalue weighted by Gasteiger charge is 2.19. The van der Waals surface area contributed by atoms with Crippen molar-refractivity contribution >= 4 is 17.2 Å². The van der Waals surface area contributed by atoms with Crippen LogP contribution in [0.5, 0.6) is 0 Å². The van der Waals surface area contributed by atoms with Crippen LogP contribution in [0.15, 0.2) is 12.4 Å². The van der Waals surface area contributed by atoms with E-state index in [1.165, 1.54) is 11.3 Å². The minimum atomic E-state index is -0.528. The van der Waals surface area contributed by atoms with E-state index in [1.807, 2.05) is 34.0 Å². The molecule has 2 heterocycles. The lowest BCUT2D eigenvalue weighted by molar-refractivity contribution is 0.0853. The molecule has 0 spiro atoms. The predicted octanol–water partition coefficient (Wildman–Crippen LogP) is 1.99. The molecular formula is C15H22N4O2S. The molecule has 0 aliphatic rings. The third-order valence-electron chi connectivity index (χ3n) is 3.73. The van der Waals surface area contributed by atoms with Gasteiger partial charge in [-0.1, -0.05) is 20.3 Å². The molecule has 2 rings (SSSR count). The molecule has 2 unspecified atom stereocenters. The van der Waals surface area contributed by atoms with Gasteiger partial charge in [-0.2, -0.15) is 5.10 Å². The predicted molar refractivity (Wildman–Crippen MR) is 86.8 cm³/mol. The highest BCUT2D eigenvalue weighted by molar-refractivity contribution is 7.17. The first kappa shape index (κ1) is 16.6. The van der Waals surface area contributed by atoms with E-state index in [0.717, 1.165) is 17.0 Å². The molecule has 0 aliphatic heterocycles. The molecule has 7 heteroatoms. The van der Waals surface area contributed by atoms with Gasteiger partial charge in [0, 0.05) is 25.4 Å². The van der Waals surface area contributed by atoms with Crippen LogP contribution in [0, 0.1) is 12.8 Å². The molecule has 0 bridgehead atoms. The third kappa shape index (κ3) is 3.72. The molecule has 120 valence electrons. The molecule has 2 N–H and O–H groups in total. The van der Waals surface area contributed by atoms with Gasteiger partial charge in [-0.3, -0.25) is 9.48 Å². The highest BCUT2D eigenvalue weighted by atomic mass is 32.1. The first-order chi connectivity index (χ1) is 10.4. The standard InChI is InChI=1S/C15H22N4O2S/c1-5-9(2)12(20)7-16-14(21)13-10(3)18-15(22-13)11-6-17-19(4)8-11/h6,8-9,12,20H,5,7H2,1-4H3,(H,16,21). The Bertz CT molecular complexity index is 650. The number of thiazole rings is 1. The lowest BCUT2D eigenvalue weighted by Gasteiger charge is -2.17. The van der Waals surface area contributed by atoms with E-state index in [2.05, 4.69) is 15.4 Å². The summed E-state index contributed by atoms with van der Waals surface area (Å²) in [7, 11) is 1.84. The second-order valence-corrected chi connectivity index (χ2v) is 6.50. The number of rotatable bonds is 6. The zero-order valence-electron chi connectivity index (χ0n) is 13.3. The summed E-state index contributed by atoms with van der Waals surface area (Å²) in [6.07, 6.45) is 3.95. The Labute approximate surface area is 134 Å². The molecule has 22 heavy (non-hydrogen) atoms. The van der Waals surface area contributed by atoms with Crippen molar-refractivity contribution in [3.8, 4) is 10.6 Å². The van der Waals surface area contributed by atoms with Gasteiger partial charge in [-0.25, -0.2) is 4.98 Å². The van der Waals surface area contributed by atoms with Crippen LogP contribution in [0.4, 0.5) is 0 Å². The van der Waals surface area contributed by atoms with Gasteiger partial charge in [0.25, 0.3) is 5.91 Å². The van der Waals surface area contributed by atoms with Crippen LogP contribution in [0.3, 0.4) is 0 Å². The zero-order valence-corrected chi connectivity index (χ0v) is 14.1. The van der Waals surface area contributed by atoms with Crippen LogP contribution in [0.1, 0.15) is 35.6 Å². The van der Waals surface area contributed by atoms with E-state index in [-0.39, 0.29) is 18.4 Å². The summed E-state index contributed by atoms with van der Waals surface area (Å²) < 4.78 is 1.70. The molecule has 0 aromatic carbocycles. The number of carbonyl (C=O) groups is 1. The average Bonchev–Trinajstić information content (AvgIpc) is 3.09. The number of aliphatic hydroxyl groups excluding tert-OH is 1. The number of carbonyl (C=O) groups excluding carboxylic acids is 1. The fraction of sp³-hybridized carbons (Fsp3) is 0.533. The van der Waals surface area contributed by atoms with Crippen LogP contribution in [0.25, 0.3) is 10.6 Å². The summed E-state index contributed by atoms with van der Waals surface area (Å²) in [4.78, 5) is 17.3. The number of nitrogens with zero attached hydrogens (tertiary/aromatic N) is 3. The van der Waals surface area contributed by atoms with E-state index in [1.54, 1.807) is 10.9 Å². The summed E-state index contributed by atoms with van der Waals surface area (Å²) in [6, 6.07) is 0. The van der Waals surface area contributed by atoms with E-state index in [0.29, 0.717) is 10.6 Å². The van der Waals surface area contributed by atoms with Gasteiger partial charge in [-0.05, 0) is 12.8 Å².